The summed E-state index contributed by atoms with van der Waals surface area (Å²) < 4.78 is 0. The number of aromatic nitrogens is 2. The molecule has 2 aromatic rings. The van der Waals surface area contributed by atoms with Gasteiger partial charge in [0, 0.05) is 50.7 Å². The number of benzene rings is 1. The highest BCUT2D eigenvalue weighted by Gasteiger charge is 2.15. The summed E-state index contributed by atoms with van der Waals surface area (Å²) >= 11 is 0. The van der Waals surface area contributed by atoms with E-state index in [-0.39, 0.29) is 0 Å². The highest BCUT2D eigenvalue weighted by atomic mass is 15.1. The van der Waals surface area contributed by atoms with Crippen molar-refractivity contribution < 1.29 is 0 Å². The van der Waals surface area contributed by atoms with Crippen molar-refractivity contribution in [2.75, 3.05) is 25.0 Å². The number of fused-ring (bicyclic) bond motifs is 1. The van der Waals surface area contributed by atoms with Crippen LogP contribution < -0.4 is 10.2 Å². The molecular formula is C15H20N4. The van der Waals surface area contributed by atoms with Gasteiger partial charge in [0.1, 0.15) is 0 Å². The van der Waals surface area contributed by atoms with Crippen LogP contribution in [0, 0.1) is 0 Å². The third-order valence-corrected chi connectivity index (χ3v) is 3.73. The van der Waals surface area contributed by atoms with Gasteiger partial charge < -0.3 is 15.2 Å². The summed E-state index contributed by atoms with van der Waals surface area (Å²) in [7, 11) is 2.16. The minimum atomic E-state index is 0.936. The quantitative estimate of drug-likeness (QED) is 0.801. The molecule has 1 aliphatic rings. The molecule has 19 heavy (non-hydrogen) atoms. The second kappa shape index (κ2) is 5.45. The van der Waals surface area contributed by atoms with Gasteiger partial charge in [-0.2, -0.15) is 0 Å². The molecule has 0 radical (unpaired) electrons. The van der Waals surface area contributed by atoms with E-state index in [9.17, 15) is 0 Å². The molecule has 1 aromatic heterocycles. The number of H-pyrrole nitrogens is 1. The van der Waals surface area contributed by atoms with Crippen molar-refractivity contribution >= 4 is 5.69 Å². The Labute approximate surface area is 113 Å². The van der Waals surface area contributed by atoms with Gasteiger partial charge >= 0.3 is 0 Å². The van der Waals surface area contributed by atoms with E-state index in [4.69, 9.17) is 0 Å². The monoisotopic (exact) mass is 256 g/mol. The van der Waals surface area contributed by atoms with Gasteiger partial charge in [0.25, 0.3) is 0 Å². The lowest BCUT2D eigenvalue weighted by Gasteiger charge is -2.12. The highest BCUT2D eigenvalue weighted by Crippen LogP contribution is 2.27. The standard InChI is InChI=1S/C15H20N4/c1-19-7-5-13-8-12(2-3-15(13)19)9-16-6-4-14-10-17-11-18-14/h2-3,8,10-11,16H,4-7,9H2,1H3,(H,17,18). The lowest BCUT2D eigenvalue weighted by molar-refractivity contribution is 0.681. The molecule has 2 N–H and O–H groups in total. The van der Waals surface area contributed by atoms with Gasteiger partial charge in [-0.3, -0.25) is 0 Å². The number of anilines is 1. The van der Waals surface area contributed by atoms with Crippen LogP contribution >= 0.6 is 0 Å². The minimum absolute atomic E-state index is 0.936. The van der Waals surface area contributed by atoms with Gasteiger partial charge in [0.05, 0.1) is 6.33 Å². The van der Waals surface area contributed by atoms with Gasteiger partial charge in [0.2, 0.25) is 0 Å². The molecule has 0 unspecified atom stereocenters. The molecule has 1 aliphatic heterocycles. The fourth-order valence-corrected chi connectivity index (χ4v) is 2.61. The SMILES string of the molecule is CN1CCc2cc(CNCCc3cnc[nH]3)ccc21. The van der Waals surface area contributed by atoms with Crippen LogP contribution in [0.1, 0.15) is 16.8 Å². The predicted molar refractivity (Wildman–Crippen MR) is 77.4 cm³/mol. The van der Waals surface area contributed by atoms with Crippen LogP contribution in [0.25, 0.3) is 0 Å². The van der Waals surface area contributed by atoms with Crippen LogP contribution in [-0.4, -0.2) is 30.1 Å². The zero-order valence-electron chi connectivity index (χ0n) is 11.3. The van der Waals surface area contributed by atoms with E-state index in [1.807, 2.05) is 6.20 Å². The smallest absolute Gasteiger partial charge is 0.0921 e. The normalized spacial score (nSPS) is 13.8. The number of nitrogens with zero attached hydrogens (tertiary/aromatic N) is 2. The van der Waals surface area contributed by atoms with Crippen LogP contribution in [0.3, 0.4) is 0 Å². The molecule has 0 fully saturated rings. The minimum Gasteiger partial charge on any atom is -0.374 e. The van der Waals surface area contributed by atoms with Crippen molar-refractivity contribution in [3.63, 3.8) is 0 Å². The van der Waals surface area contributed by atoms with Gasteiger partial charge in [-0.1, -0.05) is 12.1 Å². The second-order valence-corrected chi connectivity index (χ2v) is 5.14. The molecule has 2 heterocycles. The fourth-order valence-electron chi connectivity index (χ4n) is 2.61. The Morgan fingerprint density at radius 1 is 1.42 bits per heavy atom. The van der Waals surface area contributed by atoms with Crippen LogP contribution in [0.15, 0.2) is 30.7 Å². The molecule has 4 heteroatoms. The number of hydrogen-bond donors (Lipinski definition) is 2. The van der Waals surface area contributed by atoms with E-state index < -0.39 is 0 Å². The fraction of sp³-hybridized carbons (Fsp3) is 0.400. The molecule has 1 aromatic carbocycles. The third-order valence-electron chi connectivity index (χ3n) is 3.73. The second-order valence-electron chi connectivity index (χ2n) is 5.14. The van der Waals surface area contributed by atoms with Crippen molar-refractivity contribution in [1.29, 1.82) is 0 Å². The Bertz CT molecular complexity index is 533. The molecule has 0 saturated carbocycles. The Morgan fingerprint density at radius 2 is 2.37 bits per heavy atom. The topological polar surface area (TPSA) is 44.0 Å². The summed E-state index contributed by atoms with van der Waals surface area (Å²) in [6, 6.07) is 6.81. The number of rotatable bonds is 5. The Balaban J connectivity index is 1.51. The summed E-state index contributed by atoms with van der Waals surface area (Å²) in [5, 5.41) is 3.48. The van der Waals surface area contributed by atoms with Crippen LogP contribution in [-0.2, 0) is 19.4 Å². The zero-order chi connectivity index (χ0) is 13.1. The average Bonchev–Trinajstić information content (AvgIpc) is 3.05. The van der Waals surface area contributed by atoms with Crippen LogP contribution in [0.5, 0.6) is 0 Å². The van der Waals surface area contributed by atoms with Gasteiger partial charge in [-0.15, -0.1) is 0 Å². The van der Waals surface area contributed by atoms with Crippen molar-refractivity contribution in [2.45, 2.75) is 19.4 Å². The molecule has 0 amide bonds. The summed E-state index contributed by atoms with van der Waals surface area (Å²) in [6.45, 7) is 3.05. The molecule has 0 spiro atoms. The van der Waals surface area contributed by atoms with Crippen molar-refractivity contribution in [3.8, 4) is 0 Å². The molecule has 100 valence electrons. The largest absolute Gasteiger partial charge is 0.374 e. The first-order valence-corrected chi connectivity index (χ1v) is 6.84. The number of aromatic amines is 1. The summed E-state index contributed by atoms with van der Waals surface area (Å²) in [6.07, 6.45) is 5.78. The molecule has 0 atom stereocenters. The van der Waals surface area contributed by atoms with Gasteiger partial charge in [-0.05, 0) is 23.6 Å². The molecule has 4 nitrogen and oxygen atoms in total. The molecule has 3 rings (SSSR count). The van der Waals surface area contributed by atoms with E-state index in [1.165, 1.54) is 28.9 Å². The first-order valence-electron chi connectivity index (χ1n) is 6.84. The Hall–Kier alpha value is -1.81. The third kappa shape index (κ3) is 2.79. The van der Waals surface area contributed by atoms with E-state index in [0.717, 1.165) is 26.1 Å². The Kier molecular flexibility index (Phi) is 3.51. The lowest BCUT2D eigenvalue weighted by atomic mass is 10.1. The van der Waals surface area contributed by atoms with Crippen molar-refractivity contribution in [2.24, 2.45) is 0 Å². The first-order chi connectivity index (χ1) is 9.33. The average molecular weight is 256 g/mol. The maximum Gasteiger partial charge on any atom is 0.0921 e. The van der Waals surface area contributed by atoms with Gasteiger partial charge in [-0.25, -0.2) is 4.98 Å². The molecule has 0 aliphatic carbocycles. The zero-order valence-corrected chi connectivity index (χ0v) is 11.3. The van der Waals surface area contributed by atoms with Crippen molar-refractivity contribution in [1.82, 2.24) is 15.3 Å². The number of nitrogens with one attached hydrogen (secondary N) is 2. The maximum absolute atomic E-state index is 4.02. The number of likely N-dealkylation sites (N-methyl/N-ethyl adjacent to an activating group) is 1. The van der Waals surface area contributed by atoms with E-state index in [1.54, 1.807) is 6.33 Å². The molecular weight excluding hydrogens is 236 g/mol. The maximum atomic E-state index is 4.02. The summed E-state index contributed by atoms with van der Waals surface area (Å²) in [5.74, 6) is 0. The molecule has 0 saturated heterocycles. The predicted octanol–water partition coefficient (Wildman–Crippen LogP) is 1.73. The van der Waals surface area contributed by atoms with Crippen molar-refractivity contribution in [3.05, 3.63) is 47.5 Å². The van der Waals surface area contributed by atoms with E-state index in [2.05, 4.69) is 45.4 Å². The lowest BCUT2D eigenvalue weighted by Crippen LogP contribution is -2.17. The molecule has 0 bridgehead atoms. The van der Waals surface area contributed by atoms with E-state index in [0.29, 0.717) is 0 Å². The van der Waals surface area contributed by atoms with E-state index >= 15 is 0 Å². The number of imidazole rings is 1. The number of hydrogen-bond acceptors (Lipinski definition) is 3. The summed E-state index contributed by atoms with van der Waals surface area (Å²) in [4.78, 5) is 9.46. The first kappa shape index (κ1) is 12.2. The highest BCUT2D eigenvalue weighted by molar-refractivity contribution is 5.58. The van der Waals surface area contributed by atoms with Crippen LogP contribution in [0.4, 0.5) is 5.69 Å². The van der Waals surface area contributed by atoms with Crippen LogP contribution in [0.2, 0.25) is 0 Å². The summed E-state index contributed by atoms with van der Waals surface area (Å²) in [5.41, 5.74) is 5.43. The van der Waals surface area contributed by atoms with Gasteiger partial charge in [0.15, 0.2) is 0 Å². The Morgan fingerprint density at radius 3 is 3.21 bits per heavy atom.